The van der Waals surface area contributed by atoms with Crippen LogP contribution in [-0.4, -0.2) is 16.8 Å². The molecule has 0 saturated carbocycles. The molecule has 89 valence electrons. The molecule has 0 bridgehead atoms. The van der Waals surface area contributed by atoms with Gasteiger partial charge in [0.05, 0.1) is 0 Å². The Morgan fingerprint density at radius 2 is 1.81 bits per heavy atom. The average Bonchev–Trinajstić information content (AvgIpc) is 2.59. The van der Waals surface area contributed by atoms with Crippen LogP contribution in [0.25, 0.3) is 0 Å². The zero-order chi connectivity index (χ0) is 12.6. The topological polar surface area (TPSA) is 17.8 Å². The fourth-order valence-electron chi connectivity index (χ4n) is 2.53. The molecule has 0 N–H and O–H groups in total. The van der Waals surface area contributed by atoms with E-state index < -0.39 is 0 Å². The van der Waals surface area contributed by atoms with Gasteiger partial charge in [0, 0.05) is 18.4 Å². The molecule has 1 aromatic rings. The summed E-state index contributed by atoms with van der Waals surface area (Å²) in [5.41, 5.74) is 1.30. The first-order valence-electron chi connectivity index (χ1n) is 6.46. The highest BCUT2D eigenvalue weighted by Crippen LogP contribution is 2.67. The van der Waals surface area contributed by atoms with Crippen molar-refractivity contribution in [1.82, 2.24) is 9.55 Å². The Bertz CT molecular complexity index is 372. The monoisotopic (exact) mass is 219 g/mol. The van der Waals surface area contributed by atoms with E-state index in [9.17, 15) is 0 Å². The summed E-state index contributed by atoms with van der Waals surface area (Å²) in [6.45, 7) is 15.9. The minimum Gasteiger partial charge on any atom is -0.333 e. The van der Waals surface area contributed by atoms with Gasteiger partial charge in [0.25, 0.3) is 0 Å². The first-order chi connectivity index (χ1) is 7.57. The van der Waals surface area contributed by atoms with Gasteiger partial charge in [0.15, 0.2) is 0 Å². The van der Waals surface area contributed by atoms with E-state index in [1.807, 2.05) is 33.9 Å². The average molecular weight is 219 g/mol. The van der Waals surface area contributed by atoms with Crippen LogP contribution in [0.5, 0.6) is 0 Å². The van der Waals surface area contributed by atoms with Gasteiger partial charge in [-0.2, -0.15) is 0 Å². The van der Waals surface area contributed by atoms with E-state index in [1.54, 1.807) is 0 Å². The van der Waals surface area contributed by atoms with Crippen molar-refractivity contribution in [2.45, 2.75) is 65.6 Å². The maximum absolute atomic E-state index is 4.47. The molecule has 2 atom stereocenters. The highest BCUT2D eigenvalue weighted by Gasteiger charge is 2.68. The molecule has 0 aliphatic carbocycles. The van der Waals surface area contributed by atoms with Crippen LogP contribution in [0.1, 0.15) is 53.1 Å². The third kappa shape index (κ3) is 1.52. The molecular weight excluding hydrogens is 195 g/mol. The quantitative estimate of drug-likeness (QED) is 0.611. The van der Waals surface area contributed by atoms with Gasteiger partial charge in [-0.05, 0) is 17.6 Å². The summed E-state index contributed by atoms with van der Waals surface area (Å²) in [5, 5.41) is 0.683. The van der Waals surface area contributed by atoms with Crippen molar-refractivity contribution < 1.29 is 0 Å². The third-order valence-corrected chi connectivity index (χ3v) is 3.72. The summed E-state index contributed by atoms with van der Waals surface area (Å²) in [7, 11) is 2.42. The molecule has 0 spiro atoms. The molecule has 1 fully saturated rings. The Labute approximate surface area is 101 Å². The Morgan fingerprint density at radius 1 is 1.25 bits per heavy atom. The minimum absolute atomic E-state index is 0.279. The number of nitrogens with zero attached hydrogens (tertiary/aromatic N) is 2. The van der Waals surface area contributed by atoms with Crippen molar-refractivity contribution in [2.75, 3.05) is 0 Å². The fourth-order valence-corrected chi connectivity index (χ4v) is 2.53. The van der Waals surface area contributed by atoms with Crippen molar-refractivity contribution >= 4 is 7.28 Å². The van der Waals surface area contributed by atoms with Gasteiger partial charge in [-0.1, -0.05) is 41.5 Å². The molecule has 3 heteroatoms. The van der Waals surface area contributed by atoms with Crippen molar-refractivity contribution in [3.63, 3.8) is 0 Å². The lowest BCUT2D eigenvalue weighted by molar-refractivity contribution is 0.582. The molecule has 16 heavy (non-hydrogen) atoms. The third-order valence-electron chi connectivity index (χ3n) is 3.72. The molecule has 1 saturated heterocycles. The van der Waals surface area contributed by atoms with E-state index >= 15 is 0 Å². The van der Waals surface area contributed by atoms with Crippen LogP contribution < -0.4 is 0 Å². The number of hydrogen-bond acceptors (Lipinski definition) is 1. The van der Waals surface area contributed by atoms with Crippen LogP contribution in [0.4, 0.5) is 0 Å². The Kier molecular flexibility index (Phi) is 3.56. The first kappa shape index (κ1) is 13.3. The minimum atomic E-state index is 0.279. The van der Waals surface area contributed by atoms with Crippen LogP contribution in [0.2, 0.25) is 5.31 Å². The van der Waals surface area contributed by atoms with Crippen molar-refractivity contribution in [3.05, 3.63) is 17.7 Å². The first-order valence-corrected chi connectivity index (χ1v) is 6.46. The van der Waals surface area contributed by atoms with E-state index in [1.165, 1.54) is 11.5 Å². The van der Waals surface area contributed by atoms with E-state index in [0.29, 0.717) is 5.31 Å². The molecule has 0 aromatic carbocycles. The Hall–Kier alpha value is -0.725. The summed E-state index contributed by atoms with van der Waals surface area (Å²) >= 11 is 0. The standard InChI is InChI=1S/C9H12BN2.2C2H6/c1-6-4-11-7-9(3)8(2,10-9)5-12(6)7;2*1-2/h4H,5H2,1-3H3;2*1-2H3. The molecule has 3 rings (SSSR count). The number of aromatic nitrogens is 2. The number of aryl methyl sites for hydroxylation is 1. The predicted octanol–water partition coefficient (Wildman–Crippen LogP) is 3.37. The van der Waals surface area contributed by atoms with Crippen LogP contribution in [0, 0.1) is 6.92 Å². The summed E-state index contributed by atoms with van der Waals surface area (Å²) in [5.74, 6) is 1.27. The normalized spacial score (nSPS) is 32.2. The van der Waals surface area contributed by atoms with Gasteiger partial charge in [0.1, 0.15) is 13.1 Å². The van der Waals surface area contributed by atoms with Gasteiger partial charge in [-0.3, -0.25) is 0 Å². The number of hydrogen-bond donors (Lipinski definition) is 0. The number of rotatable bonds is 0. The molecule has 2 aliphatic rings. The lowest BCUT2D eigenvalue weighted by Crippen LogP contribution is -2.07. The Balaban J connectivity index is 0.000000291. The Morgan fingerprint density at radius 3 is 2.31 bits per heavy atom. The summed E-state index contributed by atoms with van der Waals surface area (Å²) < 4.78 is 2.35. The summed E-state index contributed by atoms with van der Waals surface area (Å²) in [6.07, 6.45) is 1.98. The molecular formula is C13H24BN2. The van der Waals surface area contributed by atoms with Gasteiger partial charge in [-0.25, -0.2) is 4.98 Å². The van der Waals surface area contributed by atoms with Crippen molar-refractivity contribution in [2.24, 2.45) is 0 Å². The number of fused-ring (bicyclic) bond motifs is 3. The van der Waals surface area contributed by atoms with E-state index in [-0.39, 0.29) is 5.31 Å². The van der Waals surface area contributed by atoms with Crippen LogP contribution >= 0.6 is 0 Å². The molecule has 2 aliphatic heterocycles. The van der Waals surface area contributed by atoms with Crippen LogP contribution in [0.15, 0.2) is 6.20 Å². The smallest absolute Gasteiger partial charge is 0.138 e. The second kappa shape index (κ2) is 4.27. The van der Waals surface area contributed by atoms with Crippen LogP contribution in [-0.2, 0) is 11.9 Å². The fraction of sp³-hybridized carbons (Fsp3) is 0.769. The number of imidazole rings is 1. The molecule has 1 radical (unpaired) electrons. The van der Waals surface area contributed by atoms with E-state index in [0.717, 1.165) is 6.54 Å². The zero-order valence-electron chi connectivity index (χ0n) is 11.8. The molecule has 1 aromatic heterocycles. The predicted molar refractivity (Wildman–Crippen MR) is 71.1 cm³/mol. The highest BCUT2D eigenvalue weighted by atomic mass is 15.2. The van der Waals surface area contributed by atoms with E-state index in [2.05, 4.69) is 37.6 Å². The van der Waals surface area contributed by atoms with Crippen LogP contribution in [0.3, 0.4) is 0 Å². The highest BCUT2D eigenvalue weighted by molar-refractivity contribution is 6.59. The molecule has 2 unspecified atom stereocenters. The molecule has 2 nitrogen and oxygen atoms in total. The molecule has 0 amide bonds. The SMILES string of the molecule is CC.CC.Cc1cnc2n1CC1(C)[B]C21C. The summed E-state index contributed by atoms with van der Waals surface area (Å²) in [6, 6.07) is 0. The van der Waals surface area contributed by atoms with Gasteiger partial charge in [-0.15, -0.1) is 0 Å². The lowest BCUT2D eigenvalue weighted by Gasteiger charge is -2.06. The van der Waals surface area contributed by atoms with Gasteiger partial charge >= 0.3 is 0 Å². The van der Waals surface area contributed by atoms with Crippen molar-refractivity contribution in [1.29, 1.82) is 0 Å². The van der Waals surface area contributed by atoms with E-state index in [4.69, 9.17) is 0 Å². The second-order valence-electron chi connectivity index (χ2n) is 4.57. The maximum atomic E-state index is 4.47. The second-order valence-corrected chi connectivity index (χ2v) is 4.57. The maximum Gasteiger partial charge on any atom is 0.138 e. The van der Waals surface area contributed by atoms with Gasteiger partial charge < -0.3 is 4.57 Å². The summed E-state index contributed by atoms with van der Waals surface area (Å²) in [4.78, 5) is 4.47. The largest absolute Gasteiger partial charge is 0.333 e. The van der Waals surface area contributed by atoms with Crippen molar-refractivity contribution in [3.8, 4) is 0 Å². The molecule has 3 heterocycles. The van der Waals surface area contributed by atoms with Gasteiger partial charge in [0.2, 0.25) is 0 Å². The lowest BCUT2D eigenvalue weighted by atomic mass is 9.85. The zero-order valence-corrected chi connectivity index (χ0v) is 11.8.